The summed E-state index contributed by atoms with van der Waals surface area (Å²) in [5.74, 6) is -0.313. The summed E-state index contributed by atoms with van der Waals surface area (Å²) in [4.78, 5) is 31.9. The number of esters is 1. The van der Waals surface area contributed by atoms with Gasteiger partial charge in [-0.3, -0.25) is 14.0 Å². The molecule has 3 heterocycles. The Morgan fingerprint density at radius 1 is 1.22 bits per heavy atom. The smallest absolute Gasteiger partial charge is 0.306 e. The third kappa shape index (κ3) is 3.46. The van der Waals surface area contributed by atoms with Gasteiger partial charge in [-0.05, 0) is 36.6 Å². The van der Waals surface area contributed by atoms with Crippen molar-refractivity contribution < 1.29 is 9.53 Å². The Hall–Kier alpha value is -3.41. The van der Waals surface area contributed by atoms with E-state index in [-0.39, 0.29) is 24.6 Å². The molecule has 4 rings (SSSR count). The molecule has 136 valence electrons. The molecule has 3 aromatic heterocycles. The molecule has 0 bridgehead atoms. The second kappa shape index (κ2) is 7.07. The molecule has 0 atom stereocenters. The Bertz CT molecular complexity index is 1190. The van der Waals surface area contributed by atoms with Crippen LogP contribution < -0.4 is 5.56 Å². The second-order valence-electron chi connectivity index (χ2n) is 6.49. The topological polar surface area (TPSA) is 76.5 Å². The van der Waals surface area contributed by atoms with Crippen LogP contribution in [0.2, 0.25) is 0 Å². The molecule has 6 heteroatoms. The van der Waals surface area contributed by atoms with Gasteiger partial charge < -0.3 is 9.72 Å². The van der Waals surface area contributed by atoms with Crippen molar-refractivity contribution in [3.8, 4) is 0 Å². The van der Waals surface area contributed by atoms with Crippen molar-refractivity contribution in [2.75, 3.05) is 0 Å². The zero-order valence-corrected chi connectivity index (χ0v) is 14.9. The third-order valence-electron chi connectivity index (χ3n) is 4.59. The summed E-state index contributed by atoms with van der Waals surface area (Å²) in [7, 11) is 0. The van der Waals surface area contributed by atoms with Crippen LogP contribution in [-0.2, 0) is 22.6 Å². The number of pyridine rings is 1. The first-order valence-corrected chi connectivity index (χ1v) is 8.80. The molecule has 0 spiro atoms. The predicted octanol–water partition coefficient (Wildman–Crippen LogP) is 3.16. The molecular weight excluding hydrogens is 342 g/mol. The molecule has 1 N–H and O–H groups in total. The maximum absolute atomic E-state index is 12.2. The van der Waals surface area contributed by atoms with Crippen molar-refractivity contribution in [1.82, 2.24) is 14.4 Å². The average Bonchev–Trinajstić information content (AvgIpc) is 3.09. The fourth-order valence-corrected chi connectivity index (χ4v) is 3.18. The lowest BCUT2D eigenvalue weighted by atomic mass is 10.1. The normalized spacial score (nSPS) is 11.1. The van der Waals surface area contributed by atoms with E-state index in [0.29, 0.717) is 17.8 Å². The number of para-hydroxylation sites is 1. The van der Waals surface area contributed by atoms with E-state index in [9.17, 15) is 9.59 Å². The molecular formula is C21H19N3O3. The monoisotopic (exact) mass is 361 g/mol. The Balaban J connectivity index is 1.41. The minimum atomic E-state index is -0.313. The van der Waals surface area contributed by atoms with E-state index in [2.05, 4.69) is 9.97 Å². The maximum Gasteiger partial charge on any atom is 0.306 e. The first kappa shape index (κ1) is 17.0. The molecule has 0 amide bonds. The van der Waals surface area contributed by atoms with E-state index in [1.165, 1.54) is 10.5 Å². The number of fused-ring (bicyclic) bond motifs is 2. The fourth-order valence-electron chi connectivity index (χ4n) is 3.18. The van der Waals surface area contributed by atoms with Gasteiger partial charge in [0, 0.05) is 35.8 Å². The van der Waals surface area contributed by atoms with Gasteiger partial charge in [0.2, 0.25) is 0 Å². The minimum Gasteiger partial charge on any atom is -0.459 e. The highest BCUT2D eigenvalue weighted by atomic mass is 16.5. The van der Waals surface area contributed by atoms with Crippen molar-refractivity contribution in [3.05, 3.63) is 82.0 Å². The lowest BCUT2D eigenvalue weighted by molar-refractivity contribution is -0.145. The summed E-state index contributed by atoms with van der Waals surface area (Å²) in [5, 5.41) is 1.12. The number of nitrogens with one attached hydrogen (secondary N) is 1. The summed E-state index contributed by atoms with van der Waals surface area (Å²) in [5.41, 5.74) is 3.87. The molecule has 0 saturated heterocycles. The third-order valence-corrected chi connectivity index (χ3v) is 4.59. The van der Waals surface area contributed by atoms with E-state index in [1.54, 1.807) is 12.3 Å². The van der Waals surface area contributed by atoms with E-state index in [0.717, 1.165) is 22.0 Å². The lowest BCUT2D eigenvalue weighted by Crippen LogP contribution is -2.17. The molecule has 27 heavy (non-hydrogen) atoms. The van der Waals surface area contributed by atoms with Crippen molar-refractivity contribution in [2.24, 2.45) is 0 Å². The summed E-state index contributed by atoms with van der Waals surface area (Å²) >= 11 is 0. The summed E-state index contributed by atoms with van der Waals surface area (Å²) < 4.78 is 6.81. The van der Waals surface area contributed by atoms with Gasteiger partial charge in [0.25, 0.3) is 5.56 Å². The van der Waals surface area contributed by atoms with Gasteiger partial charge in [0.15, 0.2) is 0 Å². The zero-order valence-electron chi connectivity index (χ0n) is 14.9. The molecule has 0 aliphatic carbocycles. The van der Waals surface area contributed by atoms with Gasteiger partial charge in [-0.25, -0.2) is 4.98 Å². The van der Waals surface area contributed by atoms with E-state index >= 15 is 0 Å². The zero-order chi connectivity index (χ0) is 18.8. The first-order valence-electron chi connectivity index (χ1n) is 8.80. The second-order valence-corrected chi connectivity index (χ2v) is 6.49. The number of carbonyl (C=O) groups is 1. The first-order chi connectivity index (χ1) is 13.1. The highest BCUT2D eigenvalue weighted by molar-refractivity contribution is 5.83. The molecule has 0 aliphatic rings. The Labute approximate surface area is 155 Å². The quantitative estimate of drug-likeness (QED) is 0.554. The number of nitrogens with zero attached hydrogens (tertiary/aromatic N) is 2. The van der Waals surface area contributed by atoms with E-state index in [4.69, 9.17) is 4.74 Å². The van der Waals surface area contributed by atoms with Crippen LogP contribution in [0.25, 0.3) is 16.6 Å². The van der Waals surface area contributed by atoms with Gasteiger partial charge >= 0.3 is 5.97 Å². The predicted molar refractivity (Wildman–Crippen MR) is 103 cm³/mol. The van der Waals surface area contributed by atoms with Crippen LogP contribution in [0.5, 0.6) is 0 Å². The van der Waals surface area contributed by atoms with Crippen molar-refractivity contribution in [1.29, 1.82) is 0 Å². The molecule has 6 nitrogen and oxygen atoms in total. The van der Waals surface area contributed by atoms with Gasteiger partial charge in [-0.2, -0.15) is 0 Å². The number of benzene rings is 1. The number of hydrogen-bond donors (Lipinski definition) is 1. The van der Waals surface area contributed by atoms with Crippen molar-refractivity contribution in [3.63, 3.8) is 0 Å². The summed E-state index contributed by atoms with van der Waals surface area (Å²) in [6, 6.07) is 13.1. The van der Waals surface area contributed by atoms with Crippen LogP contribution in [0, 0.1) is 6.92 Å². The van der Waals surface area contributed by atoms with Gasteiger partial charge in [0.1, 0.15) is 12.3 Å². The minimum absolute atomic E-state index is 0.00715. The number of ether oxygens (including phenoxy) is 1. The number of aromatic amines is 1. The Morgan fingerprint density at radius 2 is 2.07 bits per heavy atom. The maximum atomic E-state index is 12.2. The molecule has 1 aromatic carbocycles. The van der Waals surface area contributed by atoms with Gasteiger partial charge in [-0.15, -0.1) is 0 Å². The fraction of sp³-hybridized carbons (Fsp3) is 0.190. The standard InChI is InChI=1S/C21H19N3O3/c1-14-5-4-10-24-19(25)11-16(23-21(14)24)13-27-20(26)9-8-15-12-22-18-7-3-2-6-17(15)18/h2-7,10-12,22H,8-9,13H2,1H3. The van der Waals surface area contributed by atoms with Crippen molar-refractivity contribution in [2.45, 2.75) is 26.4 Å². The van der Waals surface area contributed by atoms with Crippen LogP contribution in [0.15, 0.2) is 59.7 Å². The number of carbonyl (C=O) groups excluding carboxylic acids is 1. The SMILES string of the molecule is Cc1cccn2c(=O)cc(COC(=O)CCc3c[nH]c4ccccc34)nc12. The van der Waals surface area contributed by atoms with Crippen LogP contribution in [0.4, 0.5) is 0 Å². The van der Waals surface area contributed by atoms with Crippen molar-refractivity contribution >= 4 is 22.5 Å². The van der Waals surface area contributed by atoms with Gasteiger partial charge in [-0.1, -0.05) is 24.3 Å². The summed E-state index contributed by atoms with van der Waals surface area (Å²) in [6.45, 7) is 1.88. The van der Waals surface area contributed by atoms with Crippen LogP contribution in [-0.4, -0.2) is 20.3 Å². The largest absolute Gasteiger partial charge is 0.459 e. The van der Waals surface area contributed by atoms with Crippen LogP contribution in [0.3, 0.4) is 0 Å². The molecule has 0 fully saturated rings. The molecule has 4 aromatic rings. The highest BCUT2D eigenvalue weighted by Gasteiger charge is 2.10. The number of H-pyrrole nitrogens is 1. The number of rotatable bonds is 5. The molecule has 0 aliphatic heterocycles. The van der Waals surface area contributed by atoms with Gasteiger partial charge in [0.05, 0.1) is 5.69 Å². The molecule has 0 unspecified atom stereocenters. The molecule has 0 saturated carbocycles. The summed E-state index contributed by atoms with van der Waals surface area (Å²) in [6.07, 6.45) is 4.46. The Kier molecular flexibility index (Phi) is 4.46. The lowest BCUT2D eigenvalue weighted by Gasteiger charge is -2.07. The molecule has 0 radical (unpaired) electrons. The Morgan fingerprint density at radius 3 is 2.96 bits per heavy atom. The average molecular weight is 361 g/mol. The van der Waals surface area contributed by atoms with E-state index in [1.807, 2.05) is 43.5 Å². The number of aromatic nitrogens is 3. The number of hydrogen-bond acceptors (Lipinski definition) is 4. The highest BCUT2D eigenvalue weighted by Crippen LogP contribution is 2.19. The number of aryl methyl sites for hydroxylation is 2. The van der Waals surface area contributed by atoms with Crippen LogP contribution >= 0.6 is 0 Å². The van der Waals surface area contributed by atoms with E-state index < -0.39 is 0 Å². The van der Waals surface area contributed by atoms with Crippen LogP contribution in [0.1, 0.15) is 23.2 Å².